The summed E-state index contributed by atoms with van der Waals surface area (Å²) < 4.78 is 0. The van der Waals surface area contributed by atoms with Crippen molar-refractivity contribution >= 4 is 40.7 Å². The first-order chi connectivity index (χ1) is 12.6. The minimum atomic E-state index is 0.510. The molecule has 3 aromatic rings. The number of anilines is 3. The third kappa shape index (κ3) is 3.62. The summed E-state index contributed by atoms with van der Waals surface area (Å²) in [5, 5.41) is 4.33. The van der Waals surface area contributed by atoms with Crippen LogP contribution in [0.15, 0.2) is 48.5 Å². The number of aryl methyl sites for hydroxylation is 1. The van der Waals surface area contributed by atoms with Crippen molar-refractivity contribution in [1.29, 1.82) is 0 Å². The fourth-order valence-corrected chi connectivity index (χ4v) is 3.44. The quantitative estimate of drug-likeness (QED) is 0.656. The van der Waals surface area contributed by atoms with Crippen molar-refractivity contribution in [3.63, 3.8) is 0 Å². The minimum absolute atomic E-state index is 0.510. The molecule has 1 aliphatic rings. The molecule has 132 valence electrons. The molecule has 0 spiro atoms. The maximum absolute atomic E-state index is 6.10. The second-order valence-corrected chi connectivity index (χ2v) is 7.20. The Morgan fingerprint density at radius 2 is 1.77 bits per heavy atom. The molecule has 1 N–H and O–H groups in total. The van der Waals surface area contributed by atoms with Gasteiger partial charge in [0.25, 0.3) is 0 Å². The molecule has 0 aliphatic carbocycles. The van der Waals surface area contributed by atoms with Gasteiger partial charge in [-0.25, -0.2) is 4.98 Å². The van der Waals surface area contributed by atoms with Gasteiger partial charge >= 0.3 is 0 Å². The molecule has 1 aromatic heterocycles. The number of hydrogen-bond donors (Lipinski definition) is 1. The number of nitrogens with one attached hydrogen (secondary N) is 1. The number of nitrogens with zero attached hydrogens (tertiary/aromatic N) is 3. The van der Waals surface area contributed by atoms with E-state index in [4.69, 9.17) is 28.2 Å². The van der Waals surface area contributed by atoms with Crippen molar-refractivity contribution < 1.29 is 0 Å². The predicted octanol–water partition coefficient (Wildman–Crippen LogP) is 5.40. The third-order valence-corrected chi connectivity index (χ3v) is 5.19. The van der Waals surface area contributed by atoms with E-state index in [0.717, 1.165) is 42.7 Å². The van der Waals surface area contributed by atoms with E-state index in [1.165, 1.54) is 11.1 Å². The van der Waals surface area contributed by atoms with Crippen molar-refractivity contribution in [2.75, 3.05) is 16.8 Å². The SMILES string of the molecule is Cc1cc(Nc2ccc(Cl)c(Cl)c2)nc(N2CCc3ccccc3C2)n1. The van der Waals surface area contributed by atoms with Gasteiger partial charge in [-0.05, 0) is 42.7 Å². The van der Waals surface area contributed by atoms with Gasteiger partial charge in [0.1, 0.15) is 5.82 Å². The molecule has 0 bridgehead atoms. The molecule has 0 amide bonds. The number of benzene rings is 2. The maximum atomic E-state index is 6.10. The highest BCUT2D eigenvalue weighted by Gasteiger charge is 2.19. The monoisotopic (exact) mass is 384 g/mol. The number of aromatic nitrogens is 2. The molecule has 0 saturated carbocycles. The van der Waals surface area contributed by atoms with Gasteiger partial charge in [0.05, 0.1) is 10.0 Å². The van der Waals surface area contributed by atoms with Gasteiger partial charge in [0.15, 0.2) is 0 Å². The summed E-state index contributed by atoms with van der Waals surface area (Å²) in [7, 11) is 0. The summed E-state index contributed by atoms with van der Waals surface area (Å²) in [5.41, 5.74) is 4.50. The Labute approximate surface area is 162 Å². The maximum Gasteiger partial charge on any atom is 0.227 e. The number of halogens is 2. The topological polar surface area (TPSA) is 41.1 Å². The Bertz CT molecular complexity index is 958. The molecule has 4 nitrogen and oxygen atoms in total. The van der Waals surface area contributed by atoms with Crippen molar-refractivity contribution in [2.24, 2.45) is 0 Å². The van der Waals surface area contributed by atoms with E-state index >= 15 is 0 Å². The third-order valence-electron chi connectivity index (χ3n) is 4.45. The number of hydrogen-bond acceptors (Lipinski definition) is 4. The van der Waals surface area contributed by atoms with E-state index in [1.54, 1.807) is 12.1 Å². The fourth-order valence-electron chi connectivity index (χ4n) is 3.15. The average molecular weight is 385 g/mol. The summed E-state index contributed by atoms with van der Waals surface area (Å²) in [6.07, 6.45) is 1.00. The first-order valence-electron chi connectivity index (χ1n) is 8.48. The summed E-state index contributed by atoms with van der Waals surface area (Å²) in [5.74, 6) is 1.48. The van der Waals surface area contributed by atoms with E-state index in [-0.39, 0.29) is 0 Å². The van der Waals surface area contributed by atoms with Crippen LogP contribution in [-0.4, -0.2) is 16.5 Å². The van der Waals surface area contributed by atoms with E-state index in [0.29, 0.717) is 10.0 Å². The fraction of sp³-hybridized carbons (Fsp3) is 0.200. The molecule has 0 radical (unpaired) electrons. The van der Waals surface area contributed by atoms with E-state index in [9.17, 15) is 0 Å². The molecule has 2 aromatic carbocycles. The van der Waals surface area contributed by atoms with Crippen LogP contribution in [0.2, 0.25) is 10.0 Å². The van der Waals surface area contributed by atoms with E-state index in [1.807, 2.05) is 19.1 Å². The normalized spacial score (nSPS) is 13.4. The molecule has 0 fully saturated rings. The molecule has 2 heterocycles. The molecule has 0 atom stereocenters. The minimum Gasteiger partial charge on any atom is -0.340 e. The van der Waals surface area contributed by atoms with Crippen LogP contribution in [0.25, 0.3) is 0 Å². The van der Waals surface area contributed by atoms with Crippen LogP contribution in [0, 0.1) is 6.92 Å². The zero-order valence-electron chi connectivity index (χ0n) is 14.3. The second kappa shape index (κ2) is 7.14. The molecule has 6 heteroatoms. The molecular weight excluding hydrogens is 367 g/mol. The summed E-state index contributed by atoms with van der Waals surface area (Å²) >= 11 is 12.1. The smallest absolute Gasteiger partial charge is 0.227 e. The van der Waals surface area contributed by atoms with Crippen molar-refractivity contribution in [3.8, 4) is 0 Å². The van der Waals surface area contributed by atoms with Crippen molar-refractivity contribution in [2.45, 2.75) is 19.9 Å². The highest BCUT2D eigenvalue weighted by atomic mass is 35.5. The van der Waals surface area contributed by atoms with Gasteiger partial charge in [-0.3, -0.25) is 0 Å². The lowest BCUT2D eigenvalue weighted by atomic mass is 10.0. The van der Waals surface area contributed by atoms with Gasteiger partial charge in [0, 0.05) is 30.5 Å². The van der Waals surface area contributed by atoms with E-state index < -0.39 is 0 Å². The first kappa shape index (κ1) is 17.1. The Morgan fingerprint density at radius 1 is 0.962 bits per heavy atom. The van der Waals surface area contributed by atoms with Crippen LogP contribution < -0.4 is 10.2 Å². The molecule has 4 rings (SSSR count). The second-order valence-electron chi connectivity index (χ2n) is 6.39. The van der Waals surface area contributed by atoms with Gasteiger partial charge in [-0.2, -0.15) is 4.98 Å². The molecule has 26 heavy (non-hydrogen) atoms. The van der Waals surface area contributed by atoms with Crippen LogP contribution in [0.1, 0.15) is 16.8 Å². The predicted molar refractivity (Wildman–Crippen MR) is 108 cm³/mol. The van der Waals surface area contributed by atoms with Gasteiger partial charge in [0.2, 0.25) is 5.95 Å². The van der Waals surface area contributed by atoms with Crippen LogP contribution >= 0.6 is 23.2 Å². The summed E-state index contributed by atoms with van der Waals surface area (Å²) in [6, 6.07) is 15.9. The van der Waals surface area contributed by atoms with Crippen LogP contribution in [0.5, 0.6) is 0 Å². The van der Waals surface area contributed by atoms with E-state index in [2.05, 4.69) is 39.5 Å². The Kier molecular flexibility index (Phi) is 4.70. The molecule has 0 unspecified atom stereocenters. The standard InChI is InChI=1S/C20H18Cl2N4/c1-13-10-19(24-16-6-7-17(21)18(22)11-16)25-20(23-13)26-9-8-14-4-2-3-5-15(14)12-26/h2-7,10-11H,8-9,12H2,1H3,(H,23,24,25). The zero-order chi connectivity index (χ0) is 18.1. The van der Waals surface area contributed by atoms with Crippen LogP contribution in [0.4, 0.5) is 17.5 Å². The molecule has 0 saturated heterocycles. The molecule has 1 aliphatic heterocycles. The Hall–Kier alpha value is -2.30. The summed E-state index contributed by atoms with van der Waals surface area (Å²) in [4.78, 5) is 11.6. The lowest BCUT2D eigenvalue weighted by molar-refractivity contribution is 0.706. The van der Waals surface area contributed by atoms with Crippen molar-refractivity contribution in [1.82, 2.24) is 9.97 Å². The number of fused-ring (bicyclic) bond motifs is 1. The van der Waals surface area contributed by atoms with Crippen LogP contribution in [0.3, 0.4) is 0 Å². The average Bonchev–Trinajstić information content (AvgIpc) is 2.64. The first-order valence-corrected chi connectivity index (χ1v) is 9.23. The Morgan fingerprint density at radius 3 is 2.58 bits per heavy atom. The lowest BCUT2D eigenvalue weighted by Crippen LogP contribution is -2.32. The number of rotatable bonds is 3. The highest BCUT2D eigenvalue weighted by Crippen LogP contribution is 2.28. The summed E-state index contributed by atoms with van der Waals surface area (Å²) in [6.45, 7) is 3.71. The lowest BCUT2D eigenvalue weighted by Gasteiger charge is -2.29. The van der Waals surface area contributed by atoms with Gasteiger partial charge in [-0.15, -0.1) is 0 Å². The Balaban J connectivity index is 1.59. The highest BCUT2D eigenvalue weighted by molar-refractivity contribution is 6.42. The van der Waals surface area contributed by atoms with Gasteiger partial charge < -0.3 is 10.2 Å². The van der Waals surface area contributed by atoms with Crippen LogP contribution in [-0.2, 0) is 13.0 Å². The van der Waals surface area contributed by atoms with Gasteiger partial charge in [-0.1, -0.05) is 47.5 Å². The van der Waals surface area contributed by atoms with Crippen molar-refractivity contribution in [3.05, 3.63) is 75.4 Å². The molecular formula is C20H18Cl2N4. The zero-order valence-corrected chi connectivity index (χ0v) is 15.8. The largest absolute Gasteiger partial charge is 0.340 e.